The van der Waals surface area contributed by atoms with E-state index in [1.54, 1.807) is 48.5 Å². The number of benzene rings is 4. The van der Waals surface area contributed by atoms with Crippen LogP contribution in [0.2, 0.25) is 25.1 Å². The molecule has 0 spiro atoms. The van der Waals surface area contributed by atoms with Crippen molar-refractivity contribution in [3.8, 4) is 23.0 Å². The average molecular weight is 639 g/mol. The Balaban J connectivity index is 1.47. The van der Waals surface area contributed by atoms with Gasteiger partial charge in [-0.2, -0.15) is 0 Å². The molecule has 40 heavy (non-hydrogen) atoms. The van der Waals surface area contributed by atoms with Crippen LogP contribution in [0.4, 0.5) is 10.5 Å². The van der Waals surface area contributed by atoms with E-state index in [-0.39, 0.29) is 15.6 Å². The van der Waals surface area contributed by atoms with Gasteiger partial charge in [-0.05, 0) is 86.5 Å². The molecule has 4 aromatic rings. The van der Waals surface area contributed by atoms with Gasteiger partial charge in [-0.15, -0.1) is 0 Å². The molecular weight excluding hydrogens is 618 g/mol. The predicted molar refractivity (Wildman–Crippen MR) is 162 cm³/mol. The summed E-state index contributed by atoms with van der Waals surface area (Å²) in [5.74, 6) is 1.23. The molecule has 3 amide bonds. The molecule has 0 heterocycles. The first-order valence-electron chi connectivity index (χ1n) is 11.7. The number of anilines is 1. The zero-order valence-electron chi connectivity index (χ0n) is 21.3. The highest BCUT2D eigenvalue weighted by Gasteiger charge is 2.21. The summed E-state index contributed by atoms with van der Waals surface area (Å²) in [4.78, 5) is 24.8. The number of rotatable bonds is 6. The number of amides is 3. The van der Waals surface area contributed by atoms with Gasteiger partial charge in [0.25, 0.3) is 5.91 Å². The Kier molecular flexibility index (Phi) is 9.39. The second-order valence-electron chi connectivity index (χ2n) is 8.66. The van der Waals surface area contributed by atoms with Gasteiger partial charge in [0.15, 0.2) is 0 Å². The van der Waals surface area contributed by atoms with E-state index in [1.807, 2.05) is 20.8 Å². The number of halogens is 5. The van der Waals surface area contributed by atoms with Crippen molar-refractivity contribution in [3.63, 3.8) is 0 Å². The maximum Gasteiger partial charge on any atom is 0.326 e. The van der Waals surface area contributed by atoms with Crippen molar-refractivity contribution >= 4 is 75.6 Å². The van der Waals surface area contributed by atoms with E-state index in [4.69, 9.17) is 67.5 Å². The number of nitrogens with one attached hydrogen (secondary N) is 2. The fourth-order valence-corrected chi connectivity index (χ4v) is 5.05. The summed E-state index contributed by atoms with van der Waals surface area (Å²) in [6, 6.07) is 15.4. The molecule has 0 bridgehead atoms. The van der Waals surface area contributed by atoms with Gasteiger partial charge in [0.1, 0.15) is 23.0 Å². The van der Waals surface area contributed by atoms with Gasteiger partial charge in [-0.25, -0.2) is 4.79 Å². The molecule has 0 saturated carbocycles. The summed E-state index contributed by atoms with van der Waals surface area (Å²) in [7, 11) is 0. The molecule has 0 aliphatic heterocycles. The number of imide groups is 1. The van der Waals surface area contributed by atoms with Gasteiger partial charge in [0.05, 0.1) is 25.7 Å². The lowest BCUT2D eigenvalue weighted by atomic mass is 10.0. The lowest BCUT2D eigenvalue weighted by Gasteiger charge is -2.20. The summed E-state index contributed by atoms with van der Waals surface area (Å²) in [6.07, 6.45) is 0. The highest BCUT2D eigenvalue weighted by molar-refractivity contribution is 6.40. The van der Waals surface area contributed by atoms with E-state index in [1.165, 1.54) is 12.1 Å². The number of ether oxygens (including phenoxy) is 2. The van der Waals surface area contributed by atoms with Crippen molar-refractivity contribution in [1.29, 1.82) is 0 Å². The average Bonchev–Trinajstić information content (AvgIpc) is 2.90. The third kappa shape index (κ3) is 6.60. The first kappa shape index (κ1) is 29.8. The summed E-state index contributed by atoms with van der Waals surface area (Å²) in [5, 5.41) is 6.29. The molecule has 0 aliphatic carbocycles. The second kappa shape index (κ2) is 12.6. The van der Waals surface area contributed by atoms with Crippen LogP contribution in [-0.2, 0) is 0 Å². The van der Waals surface area contributed by atoms with Gasteiger partial charge < -0.3 is 14.8 Å². The molecule has 0 fully saturated rings. The van der Waals surface area contributed by atoms with Crippen molar-refractivity contribution in [2.24, 2.45) is 0 Å². The molecular formula is C29H21Cl5N2O4. The van der Waals surface area contributed by atoms with Gasteiger partial charge in [-0.3, -0.25) is 10.1 Å². The first-order chi connectivity index (χ1) is 19.0. The van der Waals surface area contributed by atoms with E-state index < -0.39 is 11.9 Å². The van der Waals surface area contributed by atoms with Gasteiger partial charge >= 0.3 is 6.03 Å². The third-order valence-corrected chi connectivity index (χ3v) is 7.58. The predicted octanol–water partition coefficient (Wildman–Crippen LogP) is 10.4. The maximum atomic E-state index is 12.4. The number of carbonyl (C=O) groups excluding carboxylic acids is 2. The molecule has 0 aliphatic rings. The highest BCUT2D eigenvalue weighted by atomic mass is 35.5. The zero-order chi connectivity index (χ0) is 29.1. The molecule has 0 aromatic heterocycles. The van der Waals surface area contributed by atoms with Crippen molar-refractivity contribution in [1.82, 2.24) is 5.32 Å². The molecule has 4 rings (SSSR count). The van der Waals surface area contributed by atoms with Crippen LogP contribution < -0.4 is 20.1 Å². The molecule has 206 valence electrons. The molecule has 6 nitrogen and oxygen atoms in total. The maximum absolute atomic E-state index is 12.4. The fraction of sp³-hybridized carbons (Fsp3) is 0.103. The van der Waals surface area contributed by atoms with E-state index in [2.05, 4.69) is 10.6 Å². The number of urea groups is 1. The number of hydrogen-bond acceptors (Lipinski definition) is 4. The van der Waals surface area contributed by atoms with Crippen LogP contribution in [0, 0.1) is 20.8 Å². The lowest BCUT2D eigenvalue weighted by Crippen LogP contribution is -2.34. The first-order valence-corrected chi connectivity index (χ1v) is 13.6. The van der Waals surface area contributed by atoms with Crippen molar-refractivity contribution in [3.05, 3.63) is 108 Å². The van der Waals surface area contributed by atoms with Gasteiger partial charge in [0, 0.05) is 16.3 Å². The smallest absolute Gasteiger partial charge is 0.326 e. The molecule has 0 unspecified atom stereocenters. The third-order valence-electron chi connectivity index (χ3n) is 5.97. The van der Waals surface area contributed by atoms with Gasteiger partial charge in [-0.1, -0.05) is 64.1 Å². The van der Waals surface area contributed by atoms with Crippen molar-refractivity contribution < 1.29 is 19.1 Å². The Hall–Kier alpha value is -3.13. The molecule has 0 atom stereocenters. The summed E-state index contributed by atoms with van der Waals surface area (Å²) in [5.41, 5.74) is 2.70. The van der Waals surface area contributed by atoms with E-state index in [0.717, 1.165) is 11.1 Å². The van der Waals surface area contributed by atoms with E-state index in [9.17, 15) is 9.59 Å². The fourth-order valence-electron chi connectivity index (χ4n) is 3.77. The second-order valence-corrected chi connectivity index (χ2v) is 10.7. The van der Waals surface area contributed by atoms with Crippen LogP contribution in [0.3, 0.4) is 0 Å². The minimum Gasteiger partial charge on any atom is -0.457 e. The molecule has 0 saturated heterocycles. The van der Waals surface area contributed by atoms with E-state index >= 15 is 0 Å². The van der Waals surface area contributed by atoms with Crippen LogP contribution in [0.1, 0.15) is 27.0 Å². The molecule has 0 radical (unpaired) electrons. The Labute approximate surface area is 256 Å². The Morgan fingerprint density at radius 3 is 1.95 bits per heavy atom. The van der Waals surface area contributed by atoms with Crippen LogP contribution in [0.5, 0.6) is 23.0 Å². The quantitative estimate of drug-likeness (QED) is 0.220. The summed E-state index contributed by atoms with van der Waals surface area (Å²) in [6.45, 7) is 5.59. The number of carbonyl (C=O) groups is 2. The monoisotopic (exact) mass is 636 g/mol. The molecule has 2 N–H and O–H groups in total. The molecule has 11 heteroatoms. The van der Waals surface area contributed by atoms with E-state index in [0.29, 0.717) is 49.3 Å². The standard InChI is InChI=1S/C29H21Cl5N2O4/c1-14-15(2)27(40-23-12-7-17(30)13-22(23)33)25(34)16(3)26(14)39-19-10-8-18(9-11-19)35-29(38)36-28(37)24-20(31)5-4-6-21(24)32/h4-13H,1-3H3,(H2,35,36,37,38). The zero-order valence-corrected chi connectivity index (χ0v) is 25.1. The minimum atomic E-state index is -0.750. The minimum absolute atomic E-state index is 0.0112. The van der Waals surface area contributed by atoms with Crippen molar-refractivity contribution in [2.75, 3.05) is 5.32 Å². The SMILES string of the molecule is Cc1c(C)c(Oc2ccc(Cl)cc2Cl)c(Cl)c(C)c1Oc1ccc(NC(=O)NC(=O)c2c(Cl)cccc2Cl)cc1. The van der Waals surface area contributed by atoms with Gasteiger partial charge in [0.2, 0.25) is 0 Å². The largest absolute Gasteiger partial charge is 0.457 e. The Bertz CT molecular complexity index is 1570. The Morgan fingerprint density at radius 1 is 0.700 bits per heavy atom. The Morgan fingerprint density at radius 2 is 1.32 bits per heavy atom. The lowest BCUT2D eigenvalue weighted by molar-refractivity contribution is 0.0967. The van der Waals surface area contributed by atoms with Crippen LogP contribution in [0.15, 0.2) is 60.7 Å². The van der Waals surface area contributed by atoms with Crippen LogP contribution in [-0.4, -0.2) is 11.9 Å². The topological polar surface area (TPSA) is 76.7 Å². The summed E-state index contributed by atoms with van der Waals surface area (Å²) >= 11 is 31.0. The normalized spacial score (nSPS) is 10.7. The summed E-state index contributed by atoms with van der Waals surface area (Å²) < 4.78 is 12.2. The molecule has 4 aromatic carbocycles. The van der Waals surface area contributed by atoms with Crippen LogP contribution >= 0.6 is 58.0 Å². The van der Waals surface area contributed by atoms with Crippen LogP contribution in [0.25, 0.3) is 0 Å². The number of hydrogen-bond donors (Lipinski definition) is 2. The highest BCUT2D eigenvalue weighted by Crippen LogP contribution is 2.45. The van der Waals surface area contributed by atoms with Crippen molar-refractivity contribution in [2.45, 2.75) is 20.8 Å².